The molecule has 0 atom stereocenters. The number of ether oxygens (including phenoxy) is 1. The lowest BCUT2D eigenvalue weighted by Crippen LogP contribution is -2.07. The highest BCUT2D eigenvalue weighted by atomic mass is 32.2. The summed E-state index contributed by atoms with van der Waals surface area (Å²) >= 11 is 4.40. The zero-order chi connectivity index (χ0) is 17.1. The van der Waals surface area contributed by atoms with Crippen LogP contribution in [0.15, 0.2) is 44.1 Å². The minimum atomic E-state index is -0.373. The van der Waals surface area contributed by atoms with Crippen LogP contribution in [-0.2, 0) is 16.1 Å². The zero-order valence-corrected chi connectivity index (χ0v) is 15.1. The number of nitrogens with zero attached hydrogens (tertiary/aromatic N) is 4. The monoisotopic (exact) mass is 390 g/mol. The van der Waals surface area contributed by atoms with Gasteiger partial charge in [0, 0.05) is 16.3 Å². The maximum Gasteiger partial charge on any atom is 0.316 e. The summed E-state index contributed by atoms with van der Waals surface area (Å²) in [6.45, 7) is -0.0475. The van der Waals surface area contributed by atoms with E-state index >= 15 is 0 Å². The fraction of sp³-hybridized carbons (Fsp3) is 0.133. The lowest BCUT2D eigenvalue weighted by Gasteiger charge is -2.02. The molecular weight excluding hydrogens is 380 g/mol. The Kier molecular flexibility index (Phi) is 4.72. The Balaban J connectivity index is 1.31. The van der Waals surface area contributed by atoms with Gasteiger partial charge in [0.25, 0.3) is 5.89 Å². The van der Waals surface area contributed by atoms with Crippen LogP contribution < -0.4 is 0 Å². The second-order valence-electron chi connectivity index (χ2n) is 4.79. The van der Waals surface area contributed by atoms with Gasteiger partial charge in [0.15, 0.2) is 6.61 Å². The Labute approximate surface area is 154 Å². The van der Waals surface area contributed by atoms with E-state index in [1.54, 1.807) is 11.3 Å². The molecule has 7 nitrogen and oxygen atoms in total. The van der Waals surface area contributed by atoms with Gasteiger partial charge in [0.2, 0.25) is 5.82 Å². The van der Waals surface area contributed by atoms with Crippen molar-refractivity contribution in [1.29, 1.82) is 0 Å². The molecular formula is C15H10N4O3S3. The van der Waals surface area contributed by atoms with Crippen molar-refractivity contribution < 1.29 is 14.1 Å². The summed E-state index contributed by atoms with van der Waals surface area (Å²) in [5.41, 5.74) is 0.880. The molecule has 0 aliphatic carbocycles. The van der Waals surface area contributed by atoms with Crippen molar-refractivity contribution in [2.45, 2.75) is 11.6 Å². The first-order chi connectivity index (χ1) is 12.3. The van der Waals surface area contributed by atoms with Crippen molar-refractivity contribution in [1.82, 2.24) is 20.1 Å². The molecule has 0 aliphatic rings. The van der Waals surface area contributed by atoms with Gasteiger partial charge in [-0.1, -0.05) is 16.9 Å². The van der Waals surface area contributed by atoms with Crippen LogP contribution in [0, 0.1) is 0 Å². The van der Waals surface area contributed by atoms with E-state index in [1.807, 2.05) is 28.3 Å². The Morgan fingerprint density at radius 1 is 1.28 bits per heavy atom. The highest BCUT2D eigenvalue weighted by Crippen LogP contribution is 2.27. The van der Waals surface area contributed by atoms with E-state index < -0.39 is 0 Å². The van der Waals surface area contributed by atoms with E-state index in [0.29, 0.717) is 5.82 Å². The molecule has 4 heterocycles. The summed E-state index contributed by atoms with van der Waals surface area (Å²) in [6.07, 6.45) is 1.50. The van der Waals surface area contributed by atoms with Crippen LogP contribution in [0.3, 0.4) is 0 Å². The molecule has 0 aromatic carbocycles. The van der Waals surface area contributed by atoms with E-state index in [-0.39, 0.29) is 24.2 Å². The number of carbonyl (C=O) groups is 1. The summed E-state index contributed by atoms with van der Waals surface area (Å²) in [5.74, 6) is 0.527. The Morgan fingerprint density at radius 3 is 3.12 bits per heavy atom. The molecule has 0 N–H and O–H groups in total. The molecule has 0 saturated heterocycles. The van der Waals surface area contributed by atoms with Gasteiger partial charge in [0.1, 0.15) is 16.2 Å². The first kappa shape index (κ1) is 16.2. The van der Waals surface area contributed by atoms with Crippen LogP contribution in [0.2, 0.25) is 0 Å². The van der Waals surface area contributed by atoms with Crippen molar-refractivity contribution in [3.8, 4) is 11.4 Å². The average molecular weight is 390 g/mol. The number of hydrogen-bond donors (Lipinski definition) is 0. The first-order valence-electron chi connectivity index (χ1n) is 7.11. The number of fused-ring (bicyclic) bond motifs is 1. The zero-order valence-electron chi connectivity index (χ0n) is 12.6. The van der Waals surface area contributed by atoms with E-state index in [0.717, 1.165) is 20.8 Å². The molecule has 4 rings (SSSR count). The molecule has 10 heteroatoms. The number of thiophene rings is 2. The molecule has 0 spiro atoms. The predicted octanol–water partition coefficient (Wildman–Crippen LogP) is 3.64. The molecule has 0 aliphatic heterocycles. The van der Waals surface area contributed by atoms with Crippen molar-refractivity contribution in [3.63, 3.8) is 0 Å². The third kappa shape index (κ3) is 3.70. The second-order valence-corrected chi connectivity index (χ2v) is 7.43. The molecule has 0 bridgehead atoms. The number of esters is 1. The van der Waals surface area contributed by atoms with Crippen molar-refractivity contribution in [2.75, 3.05) is 5.75 Å². The Bertz CT molecular complexity index is 996. The van der Waals surface area contributed by atoms with Crippen molar-refractivity contribution in [3.05, 3.63) is 40.5 Å². The van der Waals surface area contributed by atoms with Crippen LogP contribution in [0.1, 0.15) is 5.89 Å². The SMILES string of the molecule is O=C(CSc1ncnc2sccc12)OCc1nc(-c2ccsc2)no1. The molecule has 126 valence electrons. The summed E-state index contributed by atoms with van der Waals surface area (Å²) in [6, 6.07) is 3.84. The molecule has 4 aromatic rings. The molecule has 4 aromatic heterocycles. The van der Waals surface area contributed by atoms with Crippen LogP contribution in [0.4, 0.5) is 0 Å². The molecule has 0 fully saturated rings. The van der Waals surface area contributed by atoms with Gasteiger partial charge in [-0.25, -0.2) is 9.97 Å². The van der Waals surface area contributed by atoms with Crippen LogP contribution in [0.5, 0.6) is 0 Å². The fourth-order valence-corrected chi connectivity index (χ4v) is 4.23. The highest BCUT2D eigenvalue weighted by Gasteiger charge is 2.13. The Hall–Kier alpha value is -2.30. The maximum absolute atomic E-state index is 11.9. The fourth-order valence-electron chi connectivity index (χ4n) is 2.02. The van der Waals surface area contributed by atoms with Crippen LogP contribution in [-0.4, -0.2) is 31.8 Å². The van der Waals surface area contributed by atoms with Crippen LogP contribution >= 0.6 is 34.4 Å². The highest BCUT2D eigenvalue weighted by molar-refractivity contribution is 8.00. The van der Waals surface area contributed by atoms with E-state index in [2.05, 4.69) is 20.1 Å². The largest absolute Gasteiger partial charge is 0.455 e. The lowest BCUT2D eigenvalue weighted by molar-refractivity contribution is -0.142. The standard InChI is InChI=1S/C15H10N4O3S3/c20-12(7-25-15-10-2-4-24-14(10)16-8-17-15)21-5-11-18-13(19-22-11)9-1-3-23-6-9/h1-4,6,8H,5,7H2. The minimum absolute atomic E-state index is 0.0475. The first-order valence-corrected chi connectivity index (χ1v) is 9.92. The summed E-state index contributed by atoms with van der Waals surface area (Å²) in [4.78, 5) is 25.4. The minimum Gasteiger partial charge on any atom is -0.455 e. The molecule has 0 unspecified atom stereocenters. The van der Waals surface area contributed by atoms with Crippen molar-refractivity contribution in [2.24, 2.45) is 0 Å². The number of carbonyl (C=O) groups excluding carboxylic acids is 1. The maximum atomic E-state index is 11.9. The van der Waals surface area contributed by atoms with Gasteiger partial charge in [-0.2, -0.15) is 16.3 Å². The summed E-state index contributed by atoms with van der Waals surface area (Å²) < 4.78 is 10.3. The molecule has 0 radical (unpaired) electrons. The molecule has 0 amide bonds. The number of rotatable bonds is 6. The summed E-state index contributed by atoms with van der Waals surface area (Å²) in [7, 11) is 0. The van der Waals surface area contributed by atoms with Crippen LogP contribution in [0.25, 0.3) is 21.6 Å². The number of aromatic nitrogens is 4. The lowest BCUT2D eigenvalue weighted by atomic mass is 10.3. The van der Waals surface area contributed by atoms with E-state index in [9.17, 15) is 4.79 Å². The van der Waals surface area contributed by atoms with Gasteiger partial charge >= 0.3 is 5.97 Å². The average Bonchev–Trinajstić information content (AvgIpc) is 3.38. The third-order valence-corrected chi connectivity index (χ3v) is 5.64. The van der Waals surface area contributed by atoms with Gasteiger partial charge in [0.05, 0.1) is 5.75 Å². The number of thioether (sulfide) groups is 1. The molecule has 0 saturated carbocycles. The van der Waals surface area contributed by atoms with E-state index in [4.69, 9.17) is 9.26 Å². The van der Waals surface area contributed by atoms with E-state index in [1.165, 1.54) is 29.4 Å². The predicted molar refractivity (Wildman–Crippen MR) is 95.5 cm³/mol. The van der Waals surface area contributed by atoms with Gasteiger partial charge in [-0.05, 0) is 22.9 Å². The molecule has 25 heavy (non-hydrogen) atoms. The topological polar surface area (TPSA) is 91.0 Å². The quantitative estimate of drug-likeness (QED) is 0.280. The Morgan fingerprint density at radius 2 is 2.24 bits per heavy atom. The normalized spacial score (nSPS) is 11.0. The summed E-state index contributed by atoms with van der Waals surface area (Å²) in [5, 5.41) is 11.4. The number of hydrogen-bond acceptors (Lipinski definition) is 10. The smallest absolute Gasteiger partial charge is 0.316 e. The van der Waals surface area contributed by atoms with Gasteiger partial charge in [-0.3, -0.25) is 4.79 Å². The van der Waals surface area contributed by atoms with Crippen molar-refractivity contribution >= 4 is 50.6 Å². The third-order valence-electron chi connectivity index (χ3n) is 3.16. The second kappa shape index (κ2) is 7.30. The van der Waals surface area contributed by atoms with Gasteiger partial charge in [-0.15, -0.1) is 11.3 Å². The van der Waals surface area contributed by atoms with Gasteiger partial charge < -0.3 is 9.26 Å².